The van der Waals surface area contributed by atoms with Gasteiger partial charge >= 0.3 is 71.6 Å². The zero-order valence-corrected chi connectivity index (χ0v) is 65.4. The van der Waals surface area contributed by atoms with Crippen LogP contribution in [0.25, 0.3) is 0 Å². The molecule has 0 bridgehead atoms. The van der Waals surface area contributed by atoms with Crippen LogP contribution in [0.4, 0.5) is 0 Å². The molecule has 4 fully saturated rings. The second-order valence-electron chi connectivity index (χ2n) is 27.4. The van der Waals surface area contributed by atoms with Gasteiger partial charge in [-0.3, -0.25) is 57.5 Å². The predicted molar refractivity (Wildman–Crippen MR) is 359 cm³/mol. The number of esters is 12. The van der Waals surface area contributed by atoms with Gasteiger partial charge in [-0.05, 0) is 27.7 Å². The summed E-state index contributed by atoms with van der Waals surface area (Å²) in [6.45, 7) is 30.9. The normalized spacial score (nSPS) is 26.1. The van der Waals surface area contributed by atoms with Crippen LogP contribution >= 0.6 is 0 Å². The summed E-state index contributed by atoms with van der Waals surface area (Å²) in [5.74, 6) is -6.93. The molecule has 0 N–H and O–H groups in total. The van der Waals surface area contributed by atoms with Crippen molar-refractivity contribution in [3.63, 3.8) is 0 Å². The topological polar surface area (TPSA) is 389 Å². The molecule has 0 radical (unpaired) electrons. The standard InChI is InChI=1S/4C17H30NO8/c4*1-7-18(5,6)8-9-22-17-16(26-13(4)21)15(25-12(3)20)14(10-23-17)24-11(2)19/h4*14-17H,7-10H2,1-6H3/q4*+1/t14-,15+,16-,17?;14-,15+,16-,17+;14-,15+,16-,17-;14-,15-,16+,17?/m1110/s1. The zero-order valence-electron chi connectivity index (χ0n) is 65.4. The molecule has 4 saturated heterocycles. The van der Waals surface area contributed by atoms with Gasteiger partial charge in [0.1, 0.15) is 26.2 Å². The molecule has 600 valence electrons. The summed E-state index contributed by atoms with van der Waals surface area (Å²) in [4.78, 5) is 137. The summed E-state index contributed by atoms with van der Waals surface area (Å²) >= 11 is 0. The number of likely N-dealkylation sites (N-methyl/N-ethyl adjacent to an activating group) is 4. The molecular weight excluding hydrogens is 1380 g/mol. The van der Waals surface area contributed by atoms with Crippen LogP contribution in [0.5, 0.6) is 0 Å². The molecule has 4 aliphatic heterocycles. The smallest absolute Gasteiger partial charge is 0.303 e. The van der Waals surface area contributed by atoms with Crippen LogP contribution in [-0.4, -0.2) is 350 Å². The van der Waals surface area contributed by atoms with Gasteiger partial charge in [0.25, 0.3) is 0 Å². The monoisotopic (exact) mass is 1500 g/mol. The van der Waals surface area contributed by atoms with E-state index in [0.717, 1.165) is 70.3 Å². The van der Waals surface area contributed by atoms with E-state index in [1.807, 2.05) is 0 Å². The van der Waals surface area contributed by atoms with Gasteiger partial charge in [-0.2, -0.15) is 0 Å². The van der Waals surface area contributed by atoms with Crippen molar-refractivity contribution in [1.82, 2.24) is 0 Å². The first-order valence-electron chi connectivity index (χ1n) is 34.5. The molecule has 0 saturated carbocycles. The van der Waals surface area contributed by atoms with E-state index >= 15 is 0 Å². The third-order valence-electron chi connectivity index (χ3n) is 16.6. The molecule has 4 heterocycles. The molecule has 0 spiro atoms. The number of hydrogen-bond donors (Lipinski definition) is 0. The zero-order chi connectivity index (χ0) is 79.6. The minimum absolute atomic E-state index is 0.0357. The maximum atomic E-state index is 11.5. The number of carbonyl (C=O) groups excluding carboxylic acids is 12. The van der Waals surface area contributed by atoms with Crippen LogP contribution in [0.15, 0.2) is 0 Å². The lowest BCUT2D eigenvalue weighted by Gasteiger charge is -2.40. The number of nitrogens with zero attached hydrogens (tertiary/aromatic N) is 4. The van der Waals surface area contributed by atoms with Gasteiger partial charge in [0, 0.05) is 83.1 Å². The summed E-state index contributed by atoms with van der Waals surface area (Å²) in [6, 6.07) is 0. The molecular formula is C68H120N4O32+4. The Bertz CT molecular complexity index is 2390. The lowest BCUT2D eigenvalue weighted by Crippen LogP contribution is -2.58. The minimum Gasteiger partial charge on any atom is -0.456 e. The van der Waals surface area contributed by atoms with Gasteiger partial charge in [-0.15, -0.1) is 0 Å². The van der Waals surface area contributed by atoms with E-state index in [9.17, 15) is 57.5 Å². The van der Waals surface area contributed by atoms with E-state index in [1.54, 1.807) is 0 Å². The van der Waals surface area contributed by atoms with Crippen molar-refractivity contribution in [2.75, 3.05) is 162 Å². The minimum atomic E-state index is -1.04. The largest absolute Gasteiger partial charge is 0.456 e. The highest BCUT2D eigenvalue weighted by molar-refractivity contribution is 5.71. The van der Waals surface area contributed by atoms with Crippen molar-refractivity contribution in [3.8, 4) is 0 Å². The molecule has 4 rings (SSSR count). The van der Waals surface area contributed by atoms with Crippen LogP contribution in [0.1, 0.15) is 111 Å². The maximum Gasteiger partial charge on any atom is 0.303 e. The second-order valence-corrected chi connectivity index (χ2v) is 27.4. The molecule has 0 aromatic rings. The summed E-state index contributed by atoms with van der Waals surface area (Å²) in [5.41, 5.74) is 0. The van der Waals surface area contributed by atoms with Gasteiger partial charge < -0.3 is 113 Å². The lowest BCUT2D eigenvalue weighted by molar-refractivity contribution is -0.889. The predicted octanol–water partition coefficient (Wildman–Crippen LogP) is 1.00. The summed E-state index contributed by atoms with van der Waals surface area (Å²) in [5, 5.41) is 0. The lowest BCUT2D eigenvalue weighted by atomic mass is 10.0. The highest BCUT2D eigenvalue weighted by Crippen LogP contribution is 2.30. The molecule has 4 aliphatic rings. The molecule has 36 heteroatoms. The third kappa shape index (κ3) is 37.9. The maximum absolute atomic E-state index is 11.5. The van der Waals surface area contributed by atoms with Crippen molar-refractivity contribution < 1.29 is 170 Å². The third-order valence-corrected chi connectivity index (χ3v) is 16.6. The fourth-order valence-corrected chi connectivity index (χ4v) is 9.70. The highest BCUT2D eigenvalue weighted by atomic mass is 16.8. The second kappa shape index (κ2) is 46.3. The average molecular weight is 1510 g/mol. The molecule has 16 atom stereocenters. The first-order valence-corrected chi connectivity index (χ1v) is 34.5. The highest BCUT2D eigenvalue weighted by Gasteiger charge is 2.52. The Balaban J connectivity index is 0.000000693. The quantitative estimate of drug-likeness (QED) is 0.0515. The fraction of sp³-hybridized carbons (Fsp3) is 0.824. The Morgan fingerprint density at radius 3 is 0.500 bits per heavy atom. The Morgan fingerprint density at radius 1 is 0.240 bits per heavy atom. The Kier molecular flexibility index (Phi) is 42.4. The molecule has 104 heavy (non-hydrogen) atoms. The van der Waals surface area contributed by atoms with Crippen LogP contribution in [0, 0.1) is 0 Å². The Morgan fingerprint density at radius 2 is 0.375 bits per heavy atom. The number of rotatable bonds is 32. The number of quaternary nitrogens is 4. The van der Waals surface area contributed by atoms with Crippen LogP contribution < -0.4 is 0 Å². The van der Waals surface area contributed by atoms with Gasteiger partial charge in [0.05, 0.1) is 135 Å². The van der Waals surface area contributed by atoms with Crippen molar-refractivity contribution in [2.45, 2.75) is 209 Å². The van der Waals surface area contributed by atoms with Crippen molar-refractivity contribution in [2.24, 2.45) is 0 Å². The van der Waals surface area contributed by atoms with E-state index in [2.05, 4.69) is 84.1 Å². The van der Waals surface area contributed by atoms with Gasteiger partial charge in [0.2, 0.25) is 0 Å². The van der Waals surface area contributed by atoms with E-state index in [4.69, 9.17) is 94.7 Å². The van der Waals surface area contributed by atoms with E-state index in [1.165, 1.54) is 83.1 Å². The first-order chi connectivity index (χ1) is 48.2. The average Bonchev–Trinajstić information content (AvgIpc) is 0.830. The fourth-order valence-electron chi connectivity index (χ4n) is 9.70. The SMILES string of the molecule is CC[N+](C)(C)CCOC1OC[C@@H](OC(C)=O)[C@H](OC(C)=O)[C@H]1OC(C)=O.CC[N+](C)(C)CCOC1OC[C@H](OC(C)=O)[C@H](OC(C)=O)[C@H]1OC(C)=O.CC[N+](C)(C)CCO[C@@H]1OC[C@@H](OC(C)=O)[C@H](OC(C)=O)[C@H]1OC(C)=O.CC[N+](C)(C)CCO[C@H]1OC[C@@H](OC(C)=O)[C@H](OC(C)=O)[C@H]1OC(C)=O. The summed E-state index contributed by atoms with van der Waals surface area (Å²) in [6.07, 6.45) is -15.4. The van der Waals surface area contributed by atoms with Crippen LogP contribution in [0.2, 0.25) is 0 Å². The molecule has 0 aromatic carbocycles. The molecule has 36 nitrogen and oxygen atoms in total. The van der Waals surface area contributed by atoms with E-state index < -0.39 is 170 Å². The van der Waals surface area contributed by atoms with Crippen LogP contribution in [0.3, 0.4) is 0 Å². The van der Waals surface area contributed by atoms with E-state index in [0.29, 0.717) is 26.4 Å². The molecule has 0 aromatic heterocycles. The first kappa shape index (κ1) is 95.2. The van der Waals surface area contributed by atoms with E-state index in [-0.39, 0.29) is 26.4 Å². The van der Waals surface area contributed by atoms with Crippen molar-refractivity contribution in [1.29, 1.82) is 0 Å². The number of ether oxygens (including phenoxy) is 20. The van der Waals surface area contributed by atoms with Crippen molar-refractivity contribution >= 4 is 71.6 Å². The summed E-state index contributed by atoms with van der Waals surface area (Å²) < 4.78 is 111. The summed E-state index contributed by atoms with van der Waals surface area (Å²) in [7, 11) is 16.5. The number of carbonyl (C=O) groups is 12. The van der Waals surface area contributed by atoms with Crippen molar-refractivity contribution in [3.05, 3.63) is 0 Å². The molecule has 0 aliphatic carbocycles. The van der Waals surface area contributed by atoms with Gasteiger partial charge in [-0.25, -0.2) is 0 Å². The Hall–Kier alpha value is -6.84. The molecule has 0 amide bonds. The van der Waals surface area contributed by atoms with Gasteiger partial charge in [-0.1, -0.05) is 0 Å². The van der Waals surface area contributed by atoms with Gasteiger partial charge in [0.15, 0.2) is 98.4 Å². The Labute approximate surface area is 610 Å². The molecule has 2 unspecified atom stereocenters. The number of hydrogen-bond acceptors (Lipinski definition) is 32. The van der Waals surface area contributed by atoms with Crippen LogP contribution in [-0.2, 0) is 152 Å².